The van der Waals surface area contributed by atoms with Crippen molar-refractivity contribution in [2.75, 3.05) is 27.2 Å². The lowest BCUT2D eigenvalue weighted by atomic mass is 9.94. The first-order valence-corrected chi connectivity index (χ1v) is 7.31. The highest BCUT2D eigenvalue weighted by Crippen LogP contribution is 2.25. The third kappa shape index (κ3) is 4.81. The monoisotopic (exact) mass is 260 g/mol. The van der Waals surface area contributed by atoms with Crippen LogP contribution in [-0.2, 0) is 6.54 Å². The van der Waals surface area contributed by atoms with E-state index in [1.54, 1.807) is 0 Å². The van der Waals surface area contributed by atoms with Crippen molar-refractivity contribution in [1.82, 2.24) is 10.2 Å². The molecule has 106 valence electrons. The van der Waals surface area contributed by atoms with Crippen molar-refractivity contribution in [1.29, 1.82) is 0 Å². The molecule has 1 N–H and O–H groups in total. The Kier molecular flexibility index (Phi) is 6.82. The van der Waals surface area contributed by atoms with Crippen LogP contribution < -0.4 is 5.32 Å². The Balaban J connectivity index is 0.000000861. The van der Waals surface area contributed by atoms with Crippen molar-refractivity contribution in [2.24, 2.45) is 0 Å². The maximum Gasteiger partial charge on any atom is 0.0233 e. The molecular weight excluding hydrogens is 232 g/mol. The van der Waals surface area contributed by atoms with Crippen LogP contribution in [0, 0.1) is 6.92 Å². The summed E-state index contributed by atoms with van der Waals surface area (Å²) < 4.78 is 0. The molecule has 0 radical (unpaired) electrons. The lowest BCUT2D eigenvalue weighted by Crippen LogP contribution is -2.21. The van der Waals surface area contributed by atoms with Gasteiger partial charge in [0.1, 0.15) is 0 Å². The topological polar surface area (TPSA) is 15.3 Å². The van der Waals surface area contributed by atoms with Crippen LogP contribution >= 0.6 is 0 Å². The Hall–Kier alpha value is -1.12. The molecule has 1 aromatic carbocycles. The van der Waals surface area contributed by atoms with Gasteiger partial charge in [-0.15, -0.1) is 0 Å². The zero-order valence-corrected chi connectivity index (χ0v) is 13.1. The van der Waals surface area contributed by atoms with Gasteiger partial charge in [-0.05, 0) is 50.7 Å². The molecule has 2 nitrogen and oxygen atoms in total. The second kappa shape index (κ2) is 8.13. The second-order valence-corrected chi connectivity index (χ2v) is 5.08. The van der Waals surface area contributed by atoms with Gasteiger partial charge in [-0.1, -0.05) is 43.7 Å². The maximum absolute atomic E-state index is 3.37. The first-order valence-electron chi connectivity index (χ1n) is 7.31. The highest BCUT2D eigenvalue weighted by atomic mass is 15.0. The Morgan fingerprint density at radius 1 is 1.21 bits per heavy atom. The summed E-state index contributed by atoms with van der Waals surface area (Å²) in [5.74, 6) is 0. The van der Waals surface area contributed by atoms with E-state index in [0.717, 1.165) is 26.1 Å². The van der Waals surface area contributed by atoms with Gasteiger partial charge in [0, 0.05) is 13.1 Å². The van der Waals surface area contributed by atoms with Crippen LogP contribution in [0.25, 0.3) is 5.57 Å². The van der Waals surface area contributed by atoms with Crippen molar-refractivity contribution in [2.45, 2.75) is 33.7 Å². The minimum atomic E-state index is 1.00. The number of aryl methyl sites for hydroxylation is 1. The van der Waals surface area contributed by atoms with Crippen molar-refractivity contribution in [3.05, 3.63) is 41.0 Å². The summed E-state index contributed by atoms with van der Waals surface area (Å²) in [7, 11) is 4.26. The molecule has 2 rings (SSSR count). The Labute approximate surface area is 118 Å². The van der Waals surface area contributed by atoms with E-state index >= 15 is 0 Å². The van der Waals surface area contributed by atoms with Gasteiger partial charge < -0.3 is 10.2 Å². The molecule has 1 aliphatic heterocycles. The van der Waals surface area contributed by atoms with Crippen molar-refractivity contribution in [3.63, 3.8) is 0 Å². The van der Waals surface area contributed by atoms with Crippen molar-refractivity contribution < 1.29 is 0 Å². The predicted octanol–water partition coefficient (Wildman–Crippen LogP) is 3.46. The first-order chi connectivity index (χ1) is 9.16. The fourth-order valence-corrected chi connectivity index (χ4v) is 2.37. The Bertz CT molecular complexity index is 419. The summed E-state index contributed by atoms with van der Waals surface area (Å²) in [4.78, 5) is 2.24. The molecule has 0 bridgehead atoms. The van der Waals surface area contributed by atoms with E-state index in [1.807, 2.05) is 13.8 Å². The van der Waals surface area contributed by atoms with Crippen molar-refractivity contribution >= 4 is 5.57 Å². The molecule has 2 heteroatoms. The molecule has 1 aliphatic rings. The van der Waals surface area contributed by atoms with E-state index in [1.165, 1.54) is 22.3 Å². The third-order valence-electron chi connectivity index (χ3n) is 3.16. The average molecular weight is 260 g/mol. The number of benzene rings is 1. The number of nitrogens with zero attached hydrogens (tertiary/aromatic N) is 1. The summed E-state index contributed by atoms with van der Waals surface area (Å²) in [6, 6.07) is 6.82. The van der Waals surface area contributed by atoms with E-state index in [2.05, 4.69) is 55.5 Å². The minimum Gasteiger partial charge on any atom is -0.313 e. The van der Waals surface area contributed by atoms with E-state index in [9.17, 15) is 0 Å². The number of nitrogens with one attached hydrogen (secondary N) is 1. The van der Waals surface area contributed by atoms with Gasteiger partial charge in [0.05, 0.1) is 0 Å². The molecule has 0 atom stereocenters. The molecule has 0 amide bonds. The van der Waals surface area contributed by atoms with Gasteiger partial charge in [-0.2, -0.15) is 0 Å². The van der Waals surface area contributed by atoms with Crippen LogP contribution in [0.4, 0.5) is 0 Å². The zero-order valence-electron chi connectivity index (χ0n) is 13.1. The first kappa shape index (κ1) is 15.9. The standard InChI is InChI=1S/C15H22N2.C2H6/c1-12-4-5-15(13-6-8-16-9-7-13)14(10-12)11-17(2)3;1-2/h4-6,10,16H,7-9,11H2,1-3H3;1-2H3. The molecule has 0 saturated heterocycles. The summed E-state index contributed by atoms with van der Waals surface area (Å²) in [6.07, 6.45) is 3.47. The van der Waals surface area contributed by atoms with E-state index in [4.69, 9.17) is 0 Å². The molecule has 1 aromatic rings. The highest BCUT2D eigenvalue weighted by Gasteiger charge is 2.10. The van der Waals surface area contributed by atoms with Gasteiger partial charge in [0.25, 0.3) is 0 Å². The molecule has 0 spiro atoms. The predicted molar refractivity (Wildman–Crippen MR) is 85.4 cm³/mol. The smallest absolute Gasteiger partial charge is 0.0233 e. The normalized spacial score (nSPS) is 14.7. The molecule has 0 saturated carbocycles. The van der Waals surface area contributed by atoms with Crippen LogP contribution in [0.2, 0.25) is 0 Å². The summed E-state index contributed by atoms with van der Waals surface area (Å²) in [6.45, 7) is 9.28. The van der Waals surface area contributed by atoms with Crippen LogP contribution in [0.15, 0.2) is 24.3 Å². The summed E-state index contributed by atoms with van der Waals surface area (Å²) in [5, 5.41) is 3.37. The van der Waals surface area contributed by atoms with Gasteiger partial charge in [0.2, 0.25) is 0 Å². The fraction of sp³-hybridized carbons (Fsp3) is 0.529. The summed E-state index contributed by atoms with van der Waals surface area (Å²) >= 11 is 0. The molecule has 1 heterocycles. The Morgan fingerprint density at radius 2 is 1.95 bits per heavy atom. The van der Waals surface area contributed by atoms with E-state index < -0.39 is 0 Å². The average Bonchev–Trinajstić information content (AvgIpc) is 2.41. The maximum atomic E-state index is 3.37. The fourth-order valence-electron chi connectivity index (χ4n) is 2.37. The molecule has 0 aliphatic carbocycles. The lowest BCUT2D eigenvalue weighted by Gasteiger charge is -2.20. The quantitative estimate of drug-likeness (QED) is 0.895. The van der Waals surface area contributed by atoms with E-state index in [0.29, 0.717) is 0 Å². The molecule has 19 heavy (non-hydrogen) atoms. The van der Waals surface area contributed by atoms with Gasteiger partial charge >= 0.3 is 0 Å². The second-order valence-electron chi connectivity index (χ2n) is 5.08. The molecule has 0 aromatic heterocycles. The van der Waals surface area contributed by atoms with Crippen LogP contribution in [-0.4, -0.2) is 32.1 Å². The van der Waals surface area contributed by atoms with Crippen LogP contribution in [0.1, 0.15) is 37.0 Å². The van der Waals surface area contributed by atoms with E-state index in [-0.39, 0.29) is 0 Å². The summed E-state index contributed by atoms with van der Waals surface area (Å²) in [5.41, 5.74) is 5.73. The zero-order chi connectivity index (χ0) is 14.3. The van der Waals surface area contributed by atoms with Gasteiger partial charge in [-0.25, -0.2) is 0 Å². The molecular formula is C17H28N2. The number of hydrogen-bond acceptors (Lipinski definition) is 2. The molecule has 0 unspecified atom stereocenters. The highest BCUT2D eigenvalue weighted by molar-refractivity contribution is 5.69. The third-order valence-corrected chi connectivity index (χ3v) is 3.16. The Morgan fingerprint density at radius 3 is 2.53 bits per heavy atom. The number of hydrogen-bond donors (Lipinski definition) is 1. The molecule has 0 fully saturated rings. The SMILES string of the molecule is CC.Cc1ccc(C2=CCNCC2)c(CN(C)C)c1. The largest absolute Gasteiger partial charge is 0.313 e. The van der Waals surface area contributed by atoms with Gasteiger partial charge in [-0.3, -0.25) is 0 Å². The minimum absolute atomic E-state index is 1.00. The lowest BCUT2D eigenvalue weighted by molar-refractivity contribution is 0.402. The van der Waals surface area contributed by atoms with Gasteiger partial charge in [0.15, 0.2) is 0 Å². The van der Waals surface area contributed by atoms with Crippen LogP contribution in [0.3, 0.4) is 0 Å². The number of rotatable bonds is 3. The van der Waals surface area contributed by atoms with Crippen molar-refractivity contribution in [3.8, 4) is 0 Å². The van der Waals surface area contributed by atoms with Crippen LogP contribution in [0.5, 0.6) is 0 Å².